The van der Waals surface area contributed by atoms with Crippen molar-refractivity contribution in [2.75, 3.05) is 6.61 Å². The molecule has 112 valence electrons. The van der Waals surface area contributed by atoms with Crippen molar-refractivity contribution >= 4 is 0 Å². The van der Waals surface area contributed by atoms with Gasteiger partial charge in [0.25, 0.3) is 0 Å². The predicted molar refractivity (Wildman–Crippen MR) is 84.2 cm³/mol. The summed E-state index contributed by atoms with van der Waals surface area (Å²) in [6, 6.07) is 10.2. The molecule has 1 N–H and O–H groups in total. The van der Waals surface area contributed by atoms with Crippen molar-refractivity contribution in [2.45, 2.75) is 39.8 Å². The van der Waals surface area contributed by atoms with Gasteiger partial charge in [-0.2, -0.15) is 0 Å². The highest BCUT2D eigenvalue weighted by Crippen LogP contribution is 2.12. The average molecular weight is 285 g/mol. The van der Waals surface area contributed by atoms with E-state index >= 15 is 0 Å². The third kappa shape index (κ3) is 5.52. The van der Waals surface area contributed by atoms with Crippen molar-refractivity contribution in [3.8, 4) is 5.75 Å². The molecule has 0 aliphatic carbocycles. The van der Waals surface area contributed by atoms with Crippen LogP contribution in [0.3, 0.4) is 0 Å². The number of benzene rings is 1. The first kappa shape index (κ1) is 15.4. The molecule has 1 heterocycles. The van der Waals surface area contributed by atoms with E-state index in [-0.39, 0.29) is 0 Å². The number of hydrogen-bond acceptors (Lipinski definition) is 4. The van der Waals surface area contributed by atoms with Gasteiger partial charge in [-0.05, 0) is 37.1 Å². The zero-order valence-electron chi connectivity index (χ0n) is 12.8. The van der Waals surface area contributed by atoms with Crippen molar-refractivity contribution < 1.29 is 4.74 Å². The maximum Gasteiger partial charge on any atom is 0.125 e. The highest BCUT2D eigenvalue weighted by Gasteiger charge is 1.98. The summed E-state index contributed by atoms with van der Waals surface area (Å²) >= 11 is 0. The molecule has 0 amide bonds. The summed E-state index contributed by atoms with van der Waals surface area (Å²) in [5.41, 5.74) is 2.26. The summed E-state index contributed by atoms with van der Waals surface area (Å²) in [7, 11) is 0. The zero-order chi connectivity index (χ0) is 14.9. The van der Waals surface area contributed by atoms with Crippen LogP contribution < -0.4 is 10.1 Å². The number of nitrogens with one attached hydrogen (secondary N) is 1. The molecule has 4 heteroatoms. The molecule has 0 radical (unpaired) electrons. The zero-order valence-corrected chi connectivity index (χ0v) is 12.8. The van der Waals surface area contributed by atoms with Gasteiger partial charge in [0, 0.05) is 19.3 Å². The summed E-state index contributed by atoms with van der Waals surface area (Å²) in [5.74, 6) is 1.75. The molecule has 0 aliphatic heterocycles. The Hall–Kier alpha value is -1.94. The molecular weight excluding hydrogens is 262 g/mol. The van der Waals surface area contributed by atoms with Crippen molar-refractivity contribution in [1.29, 1.82) is 0 Å². The summed E-state index contributed by atoms with van der Waals surface area (Å²) < 4.78 is 5.65. The number of hydrogen-bond donors (Lipinski definition) is 1. The van der Waals surface area contributed by atoms with Crippen LogP contribution in [0, 0.1) is 6.92 Å². The largest absolute Gasteiger partial charge is 0.494 e. The van der Waals surface area contributed by atoms with Crippen LogP contribution in [-0.4, -0.2) is 16.6 Å². The lowest BCUT2D eigenvalue weighted by atomic mass is 10.2. The standard InChI is InChI=1S/C17H23N3O/c1-3-4-11-21-17-7-5-15(6-8-17)12-18-13-16-9-10-19-14(2)20-16/h5-10,18H,3-4,11-13H2,1-2H3. The molecule has 2 rings (SSSR count). The van der Waals surface area contributed by atoms with E-state index < -0.39 is 0 Å². The molecular formula is C17H23N3O. The van der Waals surface area contributed by atoms with Crippen molar-refractivity contribution in [1.82, 2.24) is 15.3 Å². The lowest BCUT2D eigenvalue weighted by Gasteiger charge is -2.08. The minimum atomic E-state index is 0.748. The van der Waals surface area contributed by atoms with Gasteiger partial charge in [-0.15, -0.1) is 0 Å². The first-order valence-electron chi connectivity index (χ1n) is 7.49. The minimum absolute atomic E-state index is 0.748. The minimum Gasteiger partial charge on any atom is -0.494 e. The van der Waals surface area contributed by atoms with Gasteiger partial charge in [-0.3, -0.25) is 0 Å². The van der Waals surface area contributed by atoms with E-state index in [4.69, 9.17) is 4.74 Å². The predicted octanol–water partition coefficient (Wildman–Crippen LogP) is 3.25. The van der Waals surface area contributed by atoms with Crippen LogP contribution in [0.15, 0.2) is 36.5 Å². The number of unbranched alkanes of at least 4 members (excludes halogenated alkanes) is 1. The molecule has 1 aromatic carbocycles. The van der Waals surface area contributed by atoms with Gasteiger partial charge in [0.05, 0.1) is 12.3 Å². The van der Waals surface area contributed by atoms with E-state index in [2.05, 4.69) is 34.3 Å². The first-order valence-corrected chi connectivity index (χ1v) is 7.49. The molecule has 0 saturated heterocycles. The Balaban J connectivity index is 1.75. The van der Waals surface area contributed by atoms with Crippen LogP contribution in [0.25, 0.3) is 0 Å². The fourth-order valence-corrected chi connectivity index (χ4v) is 1.98. The second-order valence-corrected chi connectivity index (χ2v) is 5.04. The van der Waals surface area contributed by atoms with E-state index in [9.17, 15) is 0 Å². The monoisotopic (exact) mass is 285 g/mol. The lowest BCUT2D eigenvalue weighted by molar-refractivity contribution is 0.309. The molecule has 4 nitrogen and oxygen atoms in total. The quantitative estimate of drug-likeness (QED) is 0.756. The SMILES string of the molecule is CCCCOc1ccc(CNCc2ccnc(C)n2)cc1. The average Bonchev–Trinajstić information content (AvgIpc) is 2.49. The Labute approximate surface area is 126 Å². The second kappa shape index (κ2) is 8.37. The van der Waals surface area contributed by atoms with Gasteiger partial charge >= 0.3 is 0 Å². The summed E-state index contributed by atoms with van der Waals surface area (Å²) in [6.45, 7) is 6.43. The van der Waals surface area contributed by atoms with Crippen LogP contribution in [0.4, 0.5) is 0 Å². The molecule has 0 saturated carbocycles. The number of rotatable bonds is 8. The number of aryl methyl sites for hydroxylation is 1. The van der Waals surface area contributed by atoms with Crippen molar-refractivity contribution in [3.63, 3.8) is 0 Å². The van der Waals surface area contributed by atoms with Gasteiger partial charge in [-0.1, -0.05) is 25.5 Å². The molecule has 0 unspecified atom stereocenters. The number of ether oxygens (including phenoxy) is 1. The Morgan fingerprint density at radius 3 is 2.62 bits per heavy atom. The Morgan fingerprint density at radius 2 is 1.90 bits per heavy atom. The van der Waals surface area contributed by atoms with E-state index in [1.165, 1.54) is 5.56 Å². The number of aromatic nitrogens is 2. The third-order valence-corrected chi connectivity index (χ3v) is 3.16. The van der Waals surface area contributed by atoms with E-state index in [1.54, 1.807) is 6.20 Å². The highest BCUT2D eigenvalue weighted by atomic mass is 16.5. The molecule has 1 aromatic heterocycles. The van der Waals surface area contributed by atoms with Gasteiger partial charge in [-0.25, -0.2) is 9.97 Å². The van der Waals surface area contributed by atoms with E-state index in [1.807, 2.05) is 25.1 Å². The van der Waals surface area contributed by atoms with Crippen LogP contribution in [0.2, 0.25) is 0 Å². The van der Waals surface area contributed by atoms with Gasteiger partial charge in [0.2, 0.25) is 0 Å². The topological polar surface area (TPSA) is 47.0 Å². The normalized spacial score (nSPS) is 10.6. The molecule has 21 heavy (non-hydrogen) atoms. The molecule has 0 bridgehead atoms. The maximum atomic E-state index is 5.65. The summed E-state index contributed by atoms with van der Waals surface area (Å²) in [6.07, 6.45) is 4.05. The molecule has 0 atom stereocenters. The van der Waals surface area contributed by atoms with Crippen molar-refractivity contribution in [2.24, 2.45) is 0 Å². The molecule has 0 fully saturated rings. The van der Waals surface area contributed by atoms with Crippen LogP contribution in [0.5, 0.6) is 5.75 Å². The highest BCUT2D eigenvalue weighted by molar-refractivity contribution is 5.27. The fourth-order valence-electron chi connectivity index (χ4n) is 1.98. The Morgan fingerprint density at radius 1 is 1.10 bits per heavy atom. The van der Waals surface area contributed by atoms with E-state index in [0.29, 0.717) is 0 Å². The third-order valence-electron chi connectivity index (χ3n) is 3.16. The van der Waals surface area contributed by atoms with E-state index in [0.717, 1.165) is 49.8 Å². The van der Waals surface area contributed by atoms with Crippen LogP contribution in [-0.2, 0) is 13.1 Å². The molecule has 0 spiro atoms. The fraction of sp³-hybridized carbons (Fsp3) is 0.412. The maximum absolute atomic E-state index is 5.65. The van der Waals surface area contributed by atoms with Gasteiger partial charge in [0.15, 0.2) is 0 Å². The summed E-state index contributed by atoms with van der Waals surface area (Å²) in [5, 5.41) is 3.39. The van der Waals surface area contributed by atoms with Gasteiger partial charge in [0.1, 0.15) is 11.6 Å². The summed E-state index contributed by atoms with van der Waals surface area (Å²) in [4.78, 5) is 8.46. The van der Waals surface area contributed by atoms with Gasteiger partial charge < -0.3 is 10.1 Å². The lowest BCUT2D eigenvalue weighted by Crippen LogP contribution is -2.14. The smallest absolute Gasteiger partial charge is 0.125 e. The molecule has 0 aliphatic rings. The van der Waals surface area contributed by atoms with Crippen LogP contribution >= 0.6 is 0 Å². The Kier molecular flexibility index (Phi) is 6.16. The van der Waals surface area contributed by atoms with Crippen molar-refractivity contribution in [3.05, 3.63) is 53.6 Å². The van der Waals surface area contributed by atoms with Crippen LogP contribution in [0.1, 0.15) is 36.8 Å². The second-order valence-electron chi connectivity index (χ2n) is 5.04. The first-order chi connectivity index (χ1) is 10.3. The molecule has 2 aromatic rings. The Bertz CT molecular complexity index is 540. The number of nitrogens with zero attached hydrogens (tertiary/aromatic N) is 2.